The summed E-state index contributed by atoms with van der Waals surface area (Å²) in [6, 6.07) is 18.8. The van der Waals surface area contributed by atoms with Crippen molar-refractivity contribution in [2.45, 2.75) is 30.2 Å². The van der Waals surface area contributed by atoms with Crippen LogP contribution in [0.25, 0.3) is 0 Å². The Morgan fingerprint density at radius 2 is 1.65 bits per heavy atom. The summed E-state index contributed by atoms with van der Waals surface area (Å²) in [4.78, 5) is 38.8. The Kier molecular flexibility index (Phi) is 5.99. The maximum absolute atomic E-state index is 13.4. The molecule has 7 nitrogen and oxygen atoms in total. The average Bonchev–Trinajstić information content (AvgIpc) is 2.77. The summed E-state index contributed by atoms with van der Waals surface area (Å²) in [6.07, 6.45) is -0.376. The predicted octanol–water partition coefficient (Wildman–Crippen LogP) is 2.94. The second-order valence-electron chi connectivity index (χ2n) is 7.16. The molecule has 0 aliphatic carbocycles. The number of hydrogen-bond donors (Lipinski definition) is 1. The molecule has 1 saturated heterocycles. The molecule has 2 aromatic rings. The van der Waals surface area contributed by atoms with E-state index in [0.717, 1.165) is 11.1 Å². The summed E-state index contributed by atoms with van der Waals surface area (Å²) >= 11 is 1.36. The van der Waals surface area contributed by atoms with Gasteiger partial charge in [-0.05, 0) is 11.1 Å². The van der Waals surface area contributed by atoms with Crippen molar-refractivity contribution < 1.29 is 23.9 Å². The quantitative estimate of drug-likeness (QED) is 0.551. The zero-order valence-corrected chi connectivity index (χ0v) is 17.9. The van der Waals surface area contributed by atoms with Crippen molar-refractivity contribution in [2.24, 2.45) is 0 Å². The van der Waals surface area contributed by atoms with Gasteiger partial charge < -0.3 is 14.8 Å². The van der Waals surface area contributed by atoms with Gasteiger partial charge in [0.25, 0.3) is 0 Å². The number of esters is 1. The molecule has 0 saturated carbocycles. The van der Waals surface area contributed by atoms with Crippen LogP contribution in [-0.2, 0) is 23.9 Å². The second-order valence-corrected chi connectivity index (χ2v) is 8.45. The Hall–Kier alpha value is -3.26. The number of nitrogens with zero attached hydrogens (tertiary/aromatic N) is 1. The van der Waals surface area contributed by atoms with Gasteiger partial charge in [-0.1, -0.05) is 60.7 Å². The second kappa shape index (κ2) is 8.85. The van der Waals surface area contributed by atoms with E-state index in [1.807, 2.05) is 60.7 Å². The highest BCUT2D eigenvalue weighted by atomic mass is 32.2. The molecule has 0 aromatic heterocycles. The van der Waals surface area contributed by atoms with Gasteiger partial charge in [0.1, 0.15) is 5.37 Å². The molecule has 160 valence electrons. The van der Waals surface area contributed by atoms with E-state index in [4.69, 9.17) is 9.47 Å². The Balaban J connectivity index is 1.71. The van der Waals surface area contributed by atoms with E-state index in [1.54, 1.807) is 0 Å². The SMILES string of the molecule is COC1=C(C(=O)OC(c2ccccc2)c2ccccc2)N2C(=O)C[C@H]2SC1NC(C)=O. The Labute approximate surface area is 184 Å². The normalized spacial score (nSPS) is 20.1. The lowest BCUT2D eigenvalue weighted by Gasteiger charge is -2.46. The van der Waals surface area contributed by atoms with Gasteiger partial charge in [-0.2, -0.15) is 0 Å². The monoisotopic (exact) mass is 438 g/mol. The van der Waals surface area contributed by atoms with Crippen molar-refractivity contribution >= 4 is 29.5 Å². The van der Waals surface area contributed by atoms with Gasteiger partial charge >= 0.3 is 5.97 Å². The number of rotatable bonds is 6. The predicted molar refractivity (Wildman–Crippen MR) is 115 cm³/mol. The number of carbonyl (C=O) groups excluding carboxylic acids is 3. The van der Waals surface area contributed by atoms with E-state index < -0.39 is 17.4 Å². The molecule has 2 atom stereocenters. The summed E-state index contributed by atoms with van der Waals surface area (Å²) < 4.78 is 11.4. The number of β-lactam (4-membered cyclic amide) rings is 1. The first-order valence-electron chi connectivity index (χ1n) is 9.83. The highest BCUT2D eigenvalue weighted by molar-refractivity contribution is 8.00. The van der Waals surface area contributed by atoms with E-state index in [9.17, 15) is 14.4 Å². The van der Waals surface area contributed by atoms with Crippen LogP contribution >= 0.6 is 11.8 Å². The van der Waals surface area contributed by atoms with Crippen LogP contribution in [0.2, 0.25) is 0 Å². The molecule has 31 heavy (non-hydrogen) atoms. The summed E-state index contributed by atoms with van der Waals surface area (Å²) in [5, 5.41) is 1.95. The zero-order chi connectivity index (χ0) is 22.0. The molecular weight excluding hydrogens is 416 g/mol. The van der Waals surface area contributed by atoms with Gasteiger partial charge in [0, 0.05) is 6.92 Å². The van der Waals surface area contributed by atoms with Crippen molar-refractivity contribution in [2.75, 3.05) is 7.11 Å². The van der Waals surface area contributed by atoms with Gasteiger partial charge in [-0.3, -0.25) is 14.5 Å². The number of hydrogen-bond acceptors (Lipinski definition) is 6. The summed E-state index contributed by atoms with van der Waals surface area (Å²) in [7, 11) is 1.41. The maximum Gasteiger partial charge on any atom is 0.359 e. The number of carbonyl (C=O) groups is 3. The molecule has 0 bridgehead atoms. The fraction of sp³-hybridized carbons (Fsp3) is 0.261. The van der Waals surface area contributed by atoms with E-state index in [-0.39, 0.29) is 35.1 Å². The highest BCUT2D eigenvalue weighted by Gasteiger charge is 2.50. The molecular formula is C23H22N2O5S. The van der Waals surface area contributed by atoms with Crippen molar-refractivity contribution in [1.82, 2.24) is 10.2 Å². The van der Waals surface area contributed by atoms with Crippen LogP contribution in [0.15, 0.2) is 72.1 Å². The molecule has 4 rings (SSSR count). The largest absolute Gasteiger partial charge is 0.495 e. The first-order chi connectivity index (χ1) is 15.0. The fourth-order valence-corrected chi connectivity index (χ4v) is 5.12. The standard InChI is InChI=1S/C23H22N2O5S/c1-14(26)24-22-21(29-2)19(25-17(27)13-18(25)31-22)23(28)30-20(15-9-5-3-6-10-15)16-11-7-4-8-12-16/h3-12,18,20,22H,13H2,1-2H3,(H,24,26)/t18-,22?/m1/s1. The fourth-order valence-electron chi connectivity index (χ4n) is 3.66. The van der Waals surface area contributed by atoms with Crippen molar-refractivity contribution in [3.05, 3.63) is 83.2 Å². The van der Waals surface area contributed by atoms with E-state index in [2.05, 4.69) is 5.32 Å². The lowest BCUT2D eigenvalue weighted by atomic mass is 10.0. The number of fused-ring (bicyclic) bond motifs is 1. The minimum atomic E-state index is -0.678. The van der Waals surface area contributed by atoms with Crippen LogP contribution in [0.1, 0.15) is 30.6 Å². The van der Waals surface area contributed by atoms with E-state index >= 15 is 0 Å². The van der Waals surface area contributed by atoms with Crippen LogP contribution in [0.4, 0.5) is 0 Å². The lowest BCUT2D eigenvalue weighted by Crippen LogP contribution is -2.57. The lowest BCUT2D eigenvalue weighted by molar-refractivity contribution is -0.152. The number of ether oxygens (including phenoxy) is 2. The van der Waals surface area contributed by atoms with Gasteiger partial charge in [-0.25, -0.2) is 4.79 Å². The van der Waals surface area contributed by atoms with Gasteiger partial charge in [0.05, 0.1) is 18.9 Å². The molecule has 2 aliphatic rings. The molecule has 2 aromatic carbocycles. The topological polar surface area (TPSA) is 84.9 Å². The van der Waals surface area contributed by atoms with Gasteiger partial charge in [0.2, 0.25) is 11.8 Å². The van der Waals surface area contributed by atoms with Gasteiger partial charge in [-0.15, -0.1) is 11.8 Å². The number of nitrogens with one attached hydrogen (secondary N) is 1. The average molecular weight is 439 g/mol. The van der Waals surface area contributed by atoms with Crippen LogP contribution < -0.4 is 5.32 Å². The minimum absolute atomic E-state index is 0.0399. The van der Waals surface area contributed by atoms with Crippen LogP contribution in [0.5, 0.6) is 0 Å². The van der Waals surface area contributed by atoms with Crippen molar-refractivity contribution in [1.29, 1.82) is 0 Å². The summed E-state index contributed by atoms with van der Waals surface area (Å²) in [5.41, 5.74) is 1.64. The van der Waals surface area contributed by atoms with E-state index in [0.29, 0.717) is 0 Å². The maximum atomic E-state index is 13.4. The third-order valence-electron chi connectivity index (χ3n) is 5.09. The first kappa shape index (κ1) is 21.0. The number of amides is 2. The van der Waals surface area contributed by atoms with Crippen LogP contribution in [0, 0.1) is 0 Å². The number of methoxy groups -OCH3 is 1. The van der Waals surface area contributed by atoms with Crippen molar-refractivity contribution in [3.63, 3.8) is 0 Å². The minimum Gasteiger partial charge on any atom is -0.495 e. The molecule has 0 spiro atoms. The third kappa shape index (κ3) is 4.16. The molecule has 2 aliphatic heterocycles. The van der Waals surface area contributed by atoms with Crippen molar-refractivity contribution in [3.8, 4) is 0 Å². The van der Waals surface area contributed by atoms with E-state index in [1.165, 1.54) is 30.7 Å². The summed E-state index contributed by atoms with van der Waals surface area (Å²) in [5.74, 6) is -0.917. The van der Waals surface area contributed by atoms with Crippen LogP contribution in [-0.4, -0.2) is 40.5 Å². The molecule has 8 heteroatoms. The Bertz CT molecular complexity index is 985. The highest BCUT2D eigenvalue weighted by Crippen LogP contribution is 2.44. The zero-order valence-electron chi connectivity index (χ0n) is 17.1. The molecule has 2 heterocycles. The number of thioether (sulfide) groups is 1. The molecule has 1 unspecified atom stereocenters. The van der Waals surface area contributed by atoms with Gasteiger partial charge in [0.15, 0.2) is 17.6 Å². The summed E-state index contributed by atoms with van der Waals surface area (Å²) in [6.45, 7) is 1.39. The first-order valence-corrected chi connectivity index (χ1v) is 10.8. The smallest absolute Gasteiger partial charge is 0.359 e. The molecule has 2 amide bonds. The Morgan fingerprint density at radius 1 is 1.06 bits per heavy atom. The molecule has 0 radical (unpaired) electrons. The third-order valence-corrected chi connectivity index (χ3v) is 6.38. The molecule has 1 fully saturated rings. The number of benzene rings is 2. The Morgan fingerprint density at radius 3 is 2.13 bits per heavy atom. The molecule has 1 N–H and O–H groups in total. The van der Waals surface area contributed by atoms with Crippen LogP contribution in [0.3, 0.4) is 0 Å².